The van der Waals surface area contributed by atoms with Gasteiger partial charge in [0.15, 0.2) is 0 Å². The van der Waals surface area contributed by atoms with Crippen LogP contribution in [-0.2, 0) is 28.2 Å². The average molecular weight is 565 g/mol. The fourth-order valence-electron chi connectivity index (χ4n) is 2.82. The Bertz CT molecular complexity index is 1290. The number of unbranched alkanes of at least 4 members (excludes halogenated alkanes) is 9. The van der Waals surface area contributed by atoms with E-state index in [-0.39, 0.29) is 6.42 Å². The summed E-state index contributed by atoms with van der Waals surface area (Å²) in [6, 6.07) is 0. The minimum Gasteiger partial charge on any atom is -0.422 e. The quantitative estimate of drug-likeness (QED) is 0.0725. The number of phosphoric ester groups is 1. The van der Waals surface area contributed by atoms with Gasteiger partial charge in [-0.3, -0.25) is 9.32 Å². The lowest BCUT2D eigenvalue weighted by molar-refractivity contribution is -0.189. The zero-order valence-corrected chi connectivity index (χ0v) is 23.7. The van der Waals surface area contributed by atoms with Crippen LogP contribution >= 0.6 is 7.82 Å². The molecule has 0 aromatic rings. The molecule has 0 aromatic heterocycles. The summed E-state index contributed by atoms with van der Waals surface area (Å²) in [4.78, 5) is 41.8. The Morgan fingerprint density at radius 2 is 1.12 bits per heavy atom. The van der Waals surface area contributed by atoms with Crippen molar-refractivity contribution in [3.63, 3.8) is 0 Å². The summed E-state index contributed by atoms with van der Waals surface area (Å²) in [5.74, 6) is 31.7. The van der Waals surface area contributed by atoms with Gasteiger partial charge in [-0.2, -0.15) is 0 Å². The van der Waals surface area contributed by atoms with Crippen molar-refractivity contribution in [2.24, 2.45) is 0 Å². The van der Waals surface area contributed by atoms with Crippen LogP contribution in [0.3, 0.4) is 0 Å². The first-order chi connectivity index (χ1) is 19.3. The molecule has 0 aliphatic heterocycles. The summed E-state index contributed by atoms with van der Waals surface area (Å²) in [5, 5.41) is 0. The highest BCUT2D eigenvalue weighted by Gasteiger charge is 2.24. The van der Waals surface area contributed by atoms with Crippen LogP contribution in [0.25, 0.3) is 0 Å². The number of hydrogen-bond acceptors (Lipinski definition) is 6. The van der Waals surface area contributed by atoms with Gasteiger partial charge in [0.1, 0.15) is 6.61 Å². The van der Waals surface area contributed by atoms with Crippen LogP contribution in [0.15, 0.2) is 0 Å². The molecule has 2 N–H and O–H groups in total. The van der Waals surface area contributed by atoms with Crippen molar-refractivity contribution in [1.29, 1.82) is 0 Å². The van der Waals surface area contributed by atoms with Crippen LogP contribution < -0.4 is 0 Å². The summed E-state index contributed by atoms with van der Waals surface area (Å²) in [7, 11) is -4.89. The normalized spacial score (nSPS) is 9.60. The third kappa shape index (κ3) is 27.0. The van der Waals surface area contributed by atoms with Gasteiger partial charge < -0.3 is 19.3 Å². The first kappa shape index (κ1) is 36.0. The SMILES string of the molecule is CC#CC#CC#CC#CC#CC#CC#CC(=O)OC(COP(=O)(O)O)OC(=O)CCCCCCCCCCCC. The van der Waals surface area contributed by atoms with Crippen molar-refractivity contribution in [3.05, 3.63) is 0 Å². The predicted octanol–water partition coefficient (Wildman–Crippen LogP) is 3.86. The Morgan fingerprint density at radius 1 is 0.675 bits per heavy atom. The molecular formula is C31H33O8P. The molecule has 210 valence electrons. The van der Waals surface area contributed by atoms with E-state index < -0.39 is 32.7 Å². The second-order valence-electron chi connectivity index (χ2n) is 7.92. The van der Waals surface area contributed by atoms with Gasteiger partial charge in [0.25, 0.3) is 6.29 Å². The Kier molecular flexibility index (Phi) is 22.7. The van der Waals surface area contributed by atoms with Crippen LogP contribution in [-0.4, -0.2) is 34.6 Å². The van der Waals surface area contributed by atoms with E-state index in [4.69, 9.17) is 19.3 Å². The molecule has 0 heterocycles. The fraction of sp³-hybridized carbons (Fsp3) is 0.484. The Balaban J connectivity index is 4.62. The van der Waals surface area contributed by atoms with Gasteiger partial charge in [0.2, 0.25) is 0 Å². The van der Waals surface area contributed by atoms with Gasteiger partial charge >= 0.3 is 19.8 Å². The highest BCUT2D eigenvalue weighted by molar-refractivity contribution is 7.46. The van der Waals surface area contributed by atoms with Crippen molar-refractivity contribution >= 4 is 19.8 Å². The molecule has 0 aliphatic carbocycles. The minimum atomic E-state index is -4.89. The predicted molar refractivity (Wildman–Crippen MR) is 151 cm³/mol. The van der Waals surface area contributed by atoms with E-state index >= 15 is 0 Å². The molecule has 0 radical (unpaired) electrons. The molecule has 0 aliphatic rings. The van der Waals surface area contributed by atoms with E-state index in [1.54, 1.807) is 6.92 Å². The zero-order valence-electron chi connectivity index (χ0n) is 22.9. The van der Waals surface area contributed by atoms with E-state index in [1.165, 1.54) is 38.5 Å². The Hall–Kier alpha value is -4.03. The van der Waals surface area contributed by atoms with Gasteiger partial charge in [0.05, 0.1) is 0 Å². The first-order valence-electron chi connectivity index (χ1n) is 12.8. The van der Waals surface area contributed by atoms with Gasteiger partial charge in [-0.1, -0.05) is 70.6 Å². The van der Waals surface area contributed by atoms with Crippen LogP contribution in [0, 0.1) is 82.9 Å². The lowest BCUT2D eigenvalue weighted by atomic mass is 10.1. The van der Waals surface area contributed by atoms with Crippen molar-refractivity contribution in [3.8, 4) is 82.9 Å². The fourth-order valence-corrected chi connectivity index (χ4v) is 3.13. The molecule has 0 saturated heterocycles. The van der Waals surface area contributed by atoms with Crippen LogP contribution in [0.1, 0.15) is 84.5 Å². The van der Waals surface area contributed by atoms with Crippen molar-refractivity contribution < 1.29 is 37.9 Å². The van der Waals surface area contributed by atoms with Crippen molar-refractivity contribution in [1.82, 2.24) is 0 Å². The second kappa shape index (κ2) is 25.3. The molecule has 0 saturated carbocycles. The number of ether oxygens (including phenoxy) is 2. The summed E-state index contributed by atoms with van der Waals surface area (Å²) < 4.78 is 25.1. The van der Waals surface area contributed by atoms with Crippen molar-refractivity contribution in [2.75, 3.05) is 6.61 Å². The minimum absolute atomic E-state index is 0.0612. The first-order valence-corrected chi connectivity index (χ1v) is 14.3. The maximum absolute atomic E-state index is 12.1. The molecular weight excluding hydrogens is 531 g/mol. The maximum Gasteiger partial charge on any atom is 0.469 e. The van der Waals surface area contributed by atoms with Crippen molar-refractivity contribution in [2.45, 2.75) is 90.8 Å². The van der Waals surface area contributed by atoms with E-state index in [9.17, 15) is 14.2 Å². The zero-order chi connectivity index (χ0) is 29.7. The summed E-state index contributed by atoms with van der Waals surface area (Å²) >= 11 is 0. The summed E-state index contributed by atoms with van der Waals surface area (Å²) in [5.41, 5.74) is 0. The van der Waals surface area contributed by atoms with Gasteiger partial charge in [-0.15, -0.1) is 0 Å². The Morgan fingerprint density at radius 3 is 1.60 bits per heavy atom. The highest BCUT2D eigenvalue weighted by atomic mass is 31.2. The number of carbonyl (C=O) groups is 2. The molecule has 8 nitrogen and oxygen atoms in total. The number of hydrogen-bond donors (Lipinski definition) is 2. The summed E-state index contributed by atoms with van der Waals surface area (Å²) in [6.07, 6.45) is 9.27. The molecule has 0 rings (SSSR count). The second-order valence-corrected chi connectivity index (χ2v) is 9.16. The molecule has 1 unspecified atom stereocenters. The Labute approximate surface area is 237 Å². The highest BCUT2D eigenvalue weighted by Crippen LogP contribution is 2.36. The molecule has 0 fully saturated rings. The standard InChI is InChI=1S/C31H33O8P/c1-3-5-7-9-11-13-15-16-17-19-21-23-25-27-30(33)39-31(28-37-40(34,35)36)38-29(32)26-24-22-20-18-14-12-10-8-6-4-2/h31H,4,6,8,10,12,14,18,20,22,24,26,28H2,1-2H3,(H2,34,35,36). The van der Waals surface area contributed by atoms with E-state index in [2.05, 4.69) is 88.4 Å². The van der Waals surface area contributed by atoms with Crippen LogP contribution in [0.4, 0.5) is 0 Å². The summed E-state index contributed by atoms with van der Waals surface area (Å²) in [6.45, 7) is 2.98. The molecule has 0 amide bonds. The van der Waals surface area contributed by atoms with Gasteiger partial charge in [0, 0.05) is 12.3 Å². The largest absolute Gasteiger partial charge is 0.469 e. The molecule has 0 bridgehead atoms. The van der Waals surface area contributed by atoms with E-state index in [0.717, 1.165) is 19.3 Å². The lowest BCUT2D eigenvalue weighted by Gasteiger charge is -2.17. The molecule has 40 heavy (non-hydrogen) atoms. The lowest BCUT2D eigenvalue weighted by Crippen LogP contribution is -2.28. The average Bonchev–Trinajstić information content (AvgIpc) is 2.90. The van der Waals surface area contributed by atoms with Crippen LogP contribution in [0.5, 0.6) is 0 Å². The molecule has 1 atom stereocenters. The number of rotatable bonds is 16. The van der Waals surface area contributed by atoms with Gasteiger partial charge in [-0.05, 0) is 84.4 Å². The molecule has 0 aromatic carbocycles. The number of carbonyl (C=O) groups excluding carboxylic acids is 2. The molecule has 0 spiro atoms. The number of esters is 2. The number of phosphoric acid groups is 1. The van der Waals surface area contributed by atoms with Gasteiger partial charge in [-0.25, -0.2) is 9.36 Å². The maximum atomic E-state index is 12.1. The third-order valence-electron chi connectivity index (χ3n) is 4.59. The van der Waals surface area contributed by atoms with E-state index in [0.29, 0.717) is 6.42 Å². The molecule has 9 heteroatoms. The smallest absolute Gasteiger partial charge is 0.422 e. The topological polar surface area (TPSA) is 119 Å². The van der Waals surface area contributed by atoms with E-state index in [1.807, 2.05) is 5.92 Å². The van der Waals surface area contributed by atoms with Crippen LogP contribution in [0.2, 0.25) is 0 Å². The third-order valence-corrected chi connectivity index (χ3v) is 5.08. The monoisotopic (exact) mass is 564 g/mol.